The molecule has 5 heteroatoms. The molecule has 1 fully saturated rings. The highest BCUT2D eigenvalue weighted by Crippen LogP contribution is 2.35. The molecule has 180 valence electrons. The second-order valence-corrected chi connectivity index (χ2v) is 9.39. The molecular weight excluding hydrogens is 424 g/mol. The zero-order valence-corrected chi connectivity index (χ0v) is 20.2. The van der Waals surface area contributed by atoms with Gasteiger partial charge in [-0.25, -0.2) is 13.9 Å². The third kappa shape index (κ3) is 6.15. The molecule has 1 atom stereocenters. The smallest absolute Gasteiger partial charge is 0.339 e. The van der Waals surface area contributed by atoms with E-state index in [1.165, 1.54) is 31.2 Å². The monoisotopic (exact) mass is 461 g/mol. The molecular formula is C29H37N2O3+. The van der Waals surface area contributed by atoms with Gasteiger partial charge in [0, 0.05) is 13.3 Å². The number of benzene rings is 2. The normalized spacial score (nSPS) is 15.6. The van der Waals surface area contributed by atoms with E-state index in [9.17, 15) is 9.90 Å². The molecule has 0 bridgehead atoms. The summed E-state index contributed by atoms with van der Waals surface area (Å²) in [5, 5.41) is 10.8. The van der Waals surface area contributed by atoms with E-state index in [1.54, 1.807) is 0 Å². The van der Waals surface area contributed by atoms with Gasteiger partial charge in [0.2, 0.25) is 0 Å². The maximum atomic E-state index is 12.6. The molecule has 1 aliphatic rings. The maximum absolute atomic E-state index is 12.6. The van der Waals surface area contributed by atoms with Crippen LogP contribution in [0.4, 0.5) is 0 Å². The third-order valence-corrected chi connectivity index (χ3v) is 7.05. The predicted octanol–water partition coefficient (Wildman–Crippen LogP) is 5.24. The summed E-state index contributed by atoms with van der Waals surface area (Å²) in [5.41, 5.74) is 3.09. The molecule has 3 aromatic rings. The van der Waals surface area contributed by atoms with Crippen molar-refractivity contribution in [2.75, 3.05) is 6.61 Å². The molecule has 1 aliphatic carbocycles. The molecule has 0 aliphatic heterocycles. The van der Waals surface area contributed by atoms with Crippen molar-refractivity contribution >= 4 is 5.97 Å². The van der Waals surface area contributed by atoms with Gasteiger partial charge in [0.15, 0.2) is 6.10 Å². The molecule has 2 aromatic carbocycles. The Balaban J connectivity index is 1.29. The van der Waals surface area contributed by atoms with Crippen LogP contribution < -0.4 is 4.57 Å². The van der Waals surface area contributed by atoms with Gasteiger partial charge >= 0.3 is 5.97 Å². The minimum Gasteiger partial charge on any atom is -0.463 e. The summed E-state index contributed by atoms with van der Waals surface area (Å²) >= 11 is 0. The molecule has 34 heavy (non-hydrogen) atoms. The number of ether oxygens (including phenoxy) is 1. The Morgan fingerprint density at radius 3 is 2.53 bits per heavy atom. The second kappa shape index (κ2) is 12.0. The summed E-state index contributed by atoms with van der Waals surface area (Å²) in [7, 11) is 0. The summed E-state index contributed by atoms with van der Waals surface area (Å²) in [5.74, 6) is 1.03. The van der Waals surface area contributed by atoms with Gasteiger partial charge in [0.1, 0.15) is 18.9 Å². The van der Waals surface area contributed by atoms with Gasteiger partial charge in [-0.2, -0.15) is 0 Å². The first kappa shape index (κ1) is 24.2. The number of aryl methyl sites for hydroxylation is 1. The zero-order valence-electron chi connectivity index (χ0n) is 20.2. The van der Waals surface area contributed by atoms with Crippen LogP contribution in [0.25, 0.3) is 0 Å². The SMILES string of the molecule is Cc1n(CCCOC(=O)C(O)c2ccccc2C2CCCCCC2)cc[n+]1Cc1ccccc1. The maximum Gasteiger partial charge on any atom is 0.339 e. The Morgan fingerprint density at radius 2 is 1.76 bits per heavy atom. The Kier molecular flexibility index (Phi) is 8.53. The summed E-state index contributed by atoms with van der Waals surface area (Å²) in [4.78, 5) is 12.6. The summed E-state index contributed by atoms with van der Waals surface area (Å²) in [6, 6.07) is 18.2. The fourth-order valence-corrected chi connectivity index (χ4v) is 5.06. The molecule has 1 N–H and O–H groups in total. The highest BCUT2D eigenvalue weighted by atomic mass is 16.5. The van der Waals surface area contributed by atoms with Gasteiger partial charge in [0.05, 0.1) is 13.2 Å². The van der Waals surface area contributed by atoms with Gasteiger partial charge in [-0.05, 0) is 35.4 Å². The number of aliphatic hydroxyl groups excluding tert-OH is 1. The lowest BCUT2D eigenvalue weighted by Gasteiger charge is -2.21. The average Bonchev–Trinajstić information content (AvgIpc) is 3.05. The van der Waals surface area contributed by atoms with E-state index < -0.39 is 12.1 Å². The van der Waals surface area contributed by atoms with Crippen LogP contribution >= 0.6 is 0 Å². The van der Waals surface area contributed by atoms with E-state index in [2.05, 4.69) is 58.8 Å². The first-order valence-corrected chi connectivity index (χ1v) is 12.7. The summed E-state index contributed by atoms with van der Waals surface area (Å²) in [6.07, 6.45) is 10.9. The van der Waals surface area contributed by atoms with E-state index in [4.69, 9.17) is 4.74 Å². The van der Waals surface area contributed by atoms with Crippen molar-refractivity contribution in [2.45, 2.75) is 77.0 Å². The van der Waals surface area contributed by atoms with E-state index in [0.717, 1.165) is 37.3 Å². The number of hydrogen-bond donors (Lipinski definition) is 1. The lowest BCUT2D eigenvalue weighted by Crippen LogP contribution is -2.36. The molecule has 1 unspecified atom stereocenters. The zero-order chi connectivity index (χ0) is 23.8. The Morgan fingerprint density at radius 1 is 1.06 bits per heavy atom. The number of imidazole rings is 1. The molecule has 1 heterocycles. The van der Waals surface area contributed by atoms with Crippen LogP contribution in [0.2, 0.25) is 0 Å². The standard InChI is InChI=1S/C29H37N2O3/c1-23-30(19-20-31(23)22-24-12-5-4-6-13-24)18-11-21-34-29(33)28(32)27-17-10-9-16-26(27)25-14-7-2-3-8-15-25/h4-6,9-10,12-13,16-17,19-20,25,28,32H,2-3,7-8,11,14-15,18,21-22H2,1H3/q+1. The van der Waals surface area contributed by atoms with Crippen molar-refractivity contribution in [3.8, 4) is 0 Å². The number of carbonyl (C=O) groups is 1. The van der Waals surface area contributed by atoms with E-state index >= 15 is 0 Å². The number of rotatable bonds is 9. The topological polar surface area (TPSA) is 55.3 Å². The fourth-order valence-electron chi connectivity index (χ4n) is 5.06. The van der Waals surface area contributed by atoms with E-state index in [-0.39, 0.29) is 6.61 Å². The molecule has 5 nitrogen and oxygen atoms in total. The highest BCUT2D eigenvalue weighted by Gasteiger charge is 2.25. The Labute approximate surface area is 203 Å². The van der Waals surface area contributed by atoms with Crippen LogP contribution in [0.15, 0.2) is 67.0 Å². The third-order valence-electron chi connectivity index (χ3n) is 7.05. The van der Waals surface area contributed by atoms with Gasteiger partial charge in [0.25, 0.3) is 5.82 Å². The van der Waals surface area contributed by atoms with Crippen molar-refractivity contribution in [3.05, 3.63) is 89.5 Å². The van der Waals surface area contributed by atoms with Crippen molar-refractivity contribution in [1.82, 2.24) is 4.57 Å². The number of carbonyl (C=O) groups excluding carboxylic acids is 1. The Bertz CT molecular complexity index is 1050. The van der Waals surface area contributed by atoms with E-state index in [1.807, 2.05) is 24.3 Å². The first-order valence-electron chi connectivity index (χ1n) is 12.7. The lowest BCUT2D eigenvalue weighted by atomic mass is 9.86. The van der Waals surface area contributed by atoms with Gasteiger partial charge in [-0.15, -0.1) is 0 Å². The van der Waals surface area contributed by atoms with Crippen LogP contribution in [-0.4, -0.2) is 22.2 Å². The summed E-state index contributed by atoms with van der Waals surface area (Å²) < 4.78 is 9.87. The van der Waals surface area contributed by atoms with Crippen LogP contribution in [0, 0.1) is 6.92 Å². The van der Waals surface area contributed by atoms with Crippen LogP contribution in [-0.2, 0) is 22.6 Å². The van der Waals surface area contributed by atoms with Crippen LogP contribution in [0.1, 0.15) is 79.5 Å². The quantitative estimate of drug-likeness (QED) is 0.205. The van der Waals surface area contributed by atoms with Gasteiger partial charge in [-0.1, -0.05) is 80.3 Å². The minimum atomic E-state index is -1.22. The van der Waals surface area contributed by atoms with Gasteiger partial charge < -0.3 is 9.84 Å². The molecule has 4 rings (SSSR count). The Hall–Kier alpha value is -2.92. The second-order valence-electron chi connectivity index (χ2n) is 9.39. The molecule has 1 saturated carbocycles. The van der Waals surface area contributed by atoms with Crippen molar-refractivity contribution < 1.29 is 19.2 Å². The summed E-state index contributed by atoms with van der Waals surface area (Å²) in [6.45, 7) is 3.98. The predicted molar refractivity (Wildman–Crippen MR) is 132 cm³/mol. The molecule has 0 amide bonds. The number of aliphatic hydroxyl groups is 1. The first-order chi connectivity index (χ1) is 16.6. The molecule has 1 aromatic heterocycles. The lowest BCUT2D eigenvalue weighted by molar-refractivity contribution is -0.694. The number of hydrogen-bond acceptors (Lipinski definition) is 3. The van der Waals surface area contributed by atoms with Crippen molar-refractivity contribution in [1.29, 1.82) is 0 Å². The van der Waals surface area contributed by atoms with Gasteiger partial charge in [-0.3, -0.25) is 0 Å². The van der Waals surface area contributed by atoms with Crippen molar-refractivity contribution in [3.63, 3.8) is 0 Å². The van der Waals surface area contributed by atoms with Crippen molar-refractivity contribution in [2.24, 2.45) is 0 Å². The highest BCUT2D eigenvalue weighted by molar-refractivity contribution is 5.76. The van der Waals surface area contributed by atoms with Crippen LogP contribution in [0.5, 0.6) is 0 Å². The minimum absolute atomic E-state index is 0.289. The average molecular weight is 462 g/mol. The van der Waals surface area contributed by atoms with Crippen LogP contribution in [0.3, 0.4) is 0 Å². The van der Waals surface area contributed by atoms with E-state index in [0.29, 0.717) is 17.9 Å². The molecule has 0 saturated heterocycles. The largest absolute Gasteiger partial charge is 0.463 e. The number of nitrogens with zero attached hydrogens (tertiary/aromatic N) is 2. The number of aromatic nitrogens is 2. The molecule has 0 radical (unpaired) electrons. The molecule has 0 spiro atoms. The fraction of sp³-hybridized carbons (Fsp3) is 0.448. The number of esters is 1.